The zero-order valence-electron chi connectivity index (χ0n) is 10.6. The highest BCUT2D eigenvalue weighted by Gasteiger charge is 2.19. The van der Waals surface area contributed by atoms with Gasteiger partial charge in [0.15, 0.2) is 6.10 Å². The average molecular weight is 249 g/mol. The van der Waals surface area contributed by atoms with E-state index in [0.29, 0.717) is 12.3 Å². The van der Waals surface area contributed by atoms with Gasteiger partial charge in [-0.1, -0.05) is 18.2 Å². The second-order valence-corrected chi connectivity index (χ2v) is 4.45. The molecule has 1 fully saturated rings. The summed E-state index contributed by atoms with van der Waals surface area (Å²) in [4.78, 5) is 11.8. The first-order valence-electron chi connectivity index (χ1n) is 6.37. The molecule has 18 heavy (non-hydrogen) atoms. The molecule has 0 radical (unpaired) electrons. The number of amides is 1. The van der Waals surface area contributed by atoms with Crippen molar-refractivity contribution in [3.63, 3.8) is 0 Å². The fraction of sp³-hybridized carbons (Fsp3) is 0.500. The van der Waals surface area contributed by atoms with Gasteiger partial charge in [0.05, 0.1) is 6.10 Å². The SMILES string of the molecule is C[C@H](Oc1ccccc1)C(=O)NC[C@H]1CCCO1. The van der Waals surface area contributed by atoms with E-state index in [9.17, 15) is 4.79 Å². The molecule has 1 aliphatic rings. The Balaban J connectivity index is 1.74. The molecule has 0 unspecified atom stereocenters. The van der Waals surface area contributed by atoms with Crippen molar-refractivity contribution in [2.45, 2.75) is 32.0 Å². The molecule has 98 valence electrons. The van der Waals surface area contributed by atoms with Gasteiger partial charge >= 0.3 is 0 Å². The van der Waals surface area contributed by atoms with Crippen LogP contribution in [0.1, 0.15) is 19.8 Å². The van der Waals surface area contributed by atoms with Crippen LogP contribution in [-0.4, -0.2) is 31.3 Å². The van der Waals surface area contributed by atoms with E-state index in [0.717, 1.165) is 19.4 Å². The summed E-state index contributed by atoms with van der Waals surface area (Å²) in [7, 11) is 0. The monoisotopic (exact) mass is 249 g/mol. The molecule has 1 amide bonds. The molecular formula is C14H19NO3. The van der Waals surface area contributed by atoms with Crippen LogP contribution in [0.15, 0.2) is 30.3 Å². The van der Waals surface area contributed by atoms with Gasteiger partial charge in [-0.05, 0) is 31.9 Å². The number of rotatable bonds is 5. The Bertz CT molecular complexity index is 374. The van der Waals surface area contributed by atoms with E-state index >= 15 is 0 Å². The van der Waals surface area contributed by atoms with Gasteiger partial charge in [0, 0.05) is 13.2 Å². The van der Waals surface area contributed by atoms with Crippen LogP contribution in [0.4, 0.5) is 0 Å². The summed E-state index contributed by atoms with van der Waals surface area (Å²) in [6, 6.07) is 9.35. The summed E-state index contributed by atoms with van der Waals surface area (Å²) in [6.45, 7) is 3.12. The molecule has 0 aromatic heterocycles. The van der Waals surface area contributed by atoms with Gasteiger partial charge in [-0.2, -0.15) is 0 Å². The summed E-state index contributed by atoms with van der Waals surface area (Å²) in [5.74, 6) is 0.603. The number of hydrogen-bond acceptors (Lipinski definition) is 3. The molecule has 1 aromatic carbocycles. The summed E-state index contributed by atoms with van der Waals surface area (Å²) in [6.07, 6.45) is 1.77. The summed E-state index contributed by atoms with van der Waals surface area (Å²) >= 11 is 0. The molecule has 2 atom stereocenters. The quantitative estimate of drug-likeness (QED) is 0.864. The molecular weight excluding hydrogens is 230 g/mol. The van der Waals surface area contributed by atoms with Crippen molar-refractivity contribution in [2.75, 3.05) is 13.2 Å². The van der Waals surface area contributed by atoms with Crippen molar-refractivity contribution >= 4 is 5.91 Å². The normalized spacial score (nSPS) is 20.4. The molecule has 4 heteroatoms. The highest BCUT2D eigenvalue weighted by atomic mass is 16.5. The lowest BCUT2D eigenvalue weighted by Crippen LogP contribution is -2.40. The van der Waals surface area contributed by atoms with Gasteiger partial charge in [-0.15, -0.1) is 0 Å². The number of nitrogens with one attached hydrogen (secondary N) is 1. The number of carbonyl (C=O) groups is 1. The summed E-state index contributed by atoms with van der Waals surface area (Å²) < 4.78 is 11.0. The molecule has 0 saturated carbocycles. The molecule has 2 rings (SSSR count). The fourth-order valence-corrected chi connectivity index (χ4v) is 1.92. The third-order valence-electron chi connectivity index (χ3n) is 2.95. The van der Waals surface area contributed by atoms with Crippen molar-refractivity contribution in [1.29, 1.82) is 0 Å². The Morgan fingerprint density at radius 1 is 1.50 bits per heavy atom. The van der Waals surface area contributed by atoms with Crippen LogP contribution in [0.5, 0.6) is 5.75 Å². The highest BCUT2D eigenvalue weighted by molar-refractivity contribution is 5.80. The maximum absolute atomic E-state index is 11.8. The van der Waals surface area contributed by atoms with Crippen LogP contribution in [0.25, 0.3) is 0 Å². The van der Waals surface area contributed by atoms with E-state index in [1.165, 1.54) is 0 Å². The molecule has 4 nitrogen and oxygen atoms in total. The summed E-state index contributed by atoms with van der Waals surface area (Å²) in [5.41, 5.74) is 0. The zero-order valence-corrected chi connectivity index (χ0v) is 10.6. The molecule has 1 aromatic rings. The molecule has 1 saturated heterocycles. The molecule has 0 bridgehead atoms. The smallest absolute Gasteiger partial charge is 0.260 e. The van der Waals surface area contributed by atoms with Gasteiger partial charge in [0.1, 0.15) is 5.75 Å². The molecule has 1 aliphatic heterocycles. The van der Waals surface area contributed by atoms with Crippen molar-refractivity contribution in [2.24, 2.45) is 0 Å². The predicted octanol–water partition coefficient (Wildman–Crippen LogP) is 1.75. The first-order chi connectivity index (χ1) is 8.75. The maximum Gasteiger partial charge on any atom is 0.260 e. The second-order valence-electron chi connectivity index (χ2n) is 4.45. The number of ether oxygens (including phenoxy) is 2. The third kappa shape index (κ3) is 3.74. The van der Waals surface area contributed by atoms with E-state index in [-0.39, 0.29) is 12.0 Å². The number of carbonyl (C=O) groups excluding carboxylic acids is 1. The van der Waals surface area contributed by atoms with Crippen LogP contribution < -0.4 is 10.1 Å². The van der Waals surface area contributed by atoms with Crippen LogP contribution >= 0.6 is 0 Å². The number of hydrogen-bond donors (Lipinski definition) is 1. The van der Waals surface area contributed by atoms with Crippen molar-refractivity contribution < 1.29 is 14.3 Å². The van der Waals surface area contributed by atoms with Crippen molar-refractivity contribution in [3.05, 3.63) is 30.3 Å². The van der Waals surface area contributed by atoms with Crippen molar-refractivity contribution in [1.82, 2.24) is 5.32 Å². The van der Waals surface area contributed by atoms with E-state index in [2.05, 4.69) is 5.32 Å². The molecule has 0 spiro atoms. The lowest BCUT2D eigenvalue weighted by atomic mass is 10.2. The Hall–Kier alpha value is -1.55. The van der Waals surface area contributed by atoms with E-state index in [4.69, 9.17) is 9.47 Å². The Labute approximate surface area is 107 Å². The van der Waals surface area contributed by atoms with Crippen molar-refractivity contribution in [3.8, 4) is 5.75 Å². The average Bonchev–Trinajstić information content (AvgIpc) is 2.90. The van der Waals surface area contributed by atoms with Gasteiger partial charge in [0.2, 0.25) is 0 Å². The topological polar surface area (TPSA) is 47.6 Å². The first-order valence-corrected chi connectivity index (χ1v) is 6.37. The minimum absolute atomic E-state index is 0.102. The van der Waals surface area contributed by atoms with Gasteiger partial charge in [0.25, 0.3) is 5.91 Å². The number of para-hydroxylation sites is 1. The van der Waals surface area contributed by atoms with E-state index < -0.39 is 6.10 Å². The minimum atomic E-state index is -0.492. The van der Waals surface area contributed by atoms with E-state index in [1.54, 1.807) is 6.92 Å². The summed E-state index contributed by atoms with van der Waals surface area (Å²) in [5, 5.41) is 2.86. The van der Waals surface area contributed by atoms with Crippen LogP contribution in [0.3, 0.4) is 0 Å². The van der Waals surface area contributed by atoms with Gasteiger partial charge < -0.3 is 14.8 Å². The predicted molar refractivity (Wildman–Crippen MR) is 68.5 cm³/mol. The zero-order chi connectivity index (χ0) is 12.8. The number of benzene rings is 1. The fourth-order valence-electron chi connectivity index (χ4n) is 1.92. The molecule has 0 aliphatic carbocycles. The standard InChI is InChI=1S/C14H19NO3/c1-11(18-12-6-3-2-4-7-12)14(16)15-10-13-8-5-9-17-13/h2-4,6-7,11,13H,5,8-10H2,1H3,(H,15,16)/t11-,13+/m0/s1. The lowest BCUT2D eigenvalue weighted by Gasteiger charge is -2.16. The van der Waals surface area contributed by atoms with Crippen LogP contribution in [0, 0.1) is 0 Å². The first kappa shape index (κ1) is 12.9. The second kappa shape index (κ2) is 6.40. The Morgan fingerprint density at radius 2 is 2.28 bits per heavy atom. The minimum Gasteiger partial charge on any atom is -0.481 e. The van der Waals surface area contributed by atoms with Gasteiger partial charge in [-0.25, -0.2) is 0 Å². The highest BCUT2D eigenvalue weighted by Crippen LogP contribution is 2.12. The van der Waals surface area contributed by atoms with Crippen LogP contribution in [0.2, 0.25) is 0 Å². The Kier molecular flexibility index (Phi) is 4.59. The van der Waals surface area contributed by atoms with E-state index in [1.807, 2.05) is 30.3 Å². The molecule has 1 heterocycles. The third-order valence-corrected chi connectivity index (χ3v) is 2.95. The maximum atomic E-state index is 11.8. The largest absolute Gasteiger partial charge is 0.481 e. The Morgan fingerprint density at radius 3 is 2.94 bits per heavy atom. The van der Waals surface area contributed by atoms with Gasteiger partial charge in [-0.3, -0.25) is 4.79 Å². The van der Waals surface area contributed by atoms with Crippen LogP contribution in [-0.2, 0) is 9.53 Å². The lowest BCUT2D eigenvalue weighted by molar-refractivity contribution is -0.127. The molecule has 1 N–H and O–H groups in total.